The number of fused-ring (bicyclic) bond motifs is 1. The second-order valence-corrected chi connectivity index (χ2v) is 8.10. The molecule has 2 aliphatic carbocycles. The Morgan fingerprint density at radius 2 is 1.89 bits per heavy atom. The van der Waals surface area contributed by atoms with Crippen LogP contribution in [0.1, 0.15) is 46.5 Å². The molecule has 2 fully saturated rings. The number of hydrogen-bond donors (Lipinski definition) is 2. The minimum atomic E-state index is 0.358. The zero-order chi connectivity index (χ0) is 19.5. The first kappa shape index (κ1) is 17.5. The van der Waals surface area contributed by atoms with Crippen molar-refractivity contribution in [3.63, 3.8) is 0 Å². The van der Waals surface area contributed by atoms with E-state index in [-0.39, 0.29) is 0 Å². The molecule has 2 N–H and O–H groups in total. The Kier molecular flexibility index (Phi) is 3.75. The van der Waals surface area contributed by atoms with Gasteiger partial charge in [-0.25, -0.2) is 0 Å². The summed E-state index contributed by atoms with van der Waals surface area (Å²) in [6.45, 7) is 14.8. The van der Waals surface area contributed by atoms with E-state index in [0.717, 1.165) is 34.3 Å². The van der Waals surface area contributed by atoms with Crippen LogP contribution in [0.2, 0.25) is 0 Å². The molecule has 1 aromatic heterocycles. The maximum atomic E-state index is 9.26. The van der Waals surface area contributed by atoms with Crippen molar-refractivity contribution in [3.8, 4) is 6.07 Å². The van der Waals surface area contributed by atoms with Gasteiger partial charge in [0, 0.05) is 35.2 Å². The van der Waals surface area contributed by atoms with Gasteiger partial charge >= 0.3 is 0 Å². The normalized spacial score (nSPS) is 21.8. The van der Waals surface area contributed by atoms with Crippen molar-refractivity contribution in [2.75, 3.05) is 5.32 Å². The zero-order valence-electron chi connectivity index (χ0n) is 16.5. The second-order valence-electron chi connectivity index (χ2n) is 8.10. The first-order chi connectivity index (χ1) is 12.8. The van der Waals surface area contributed by atoms with Crippen LogP contribution in [0.15, 0.2) is 31.4 Å². The Balaban J connectivity index is 1.61. The Hall–Kier alpha value is -2.93. The van der Waals surface area contributed by atoms with Crippen molar-refractivity contribution < 1.29 is 0 Å². The van der Waals surface area contributed by atoms with Gasteiger partial charge in [-0.3, -0.25) is 0 Å². The fourth-order valence-electron chi connectivity index (χ4n) is 4.17. The molecular formula is C23H26N4. The van der Waals surface area contributed by atoms with Gasteiger partial charge in [0.1, 0.15) is 0 Å². The SMILES string of the molecule is C=C(NC12CC1C2)c1c(C)c(C(=C)Nc2ccc(C)c(C#N)c2)n(C)c1C. The van der Waals surface area contributed by atoms with E-state index in [1.54, 1.807) is 0 Å². The number of nitrogens with zero attached hydrogens (tertiary/aromatic N) is 2. The number of benzene rings is 1. The van der Waals surface area contributed by atoms with Crippen molar-refractivity contribution >= 4 is 17.1 Å². The molecule has 0 radical (unpaired) electrons. The van der Waals surface area contributed by atoms with E-state index in [0.29, 0.717) is 11.1 Å². The van der Waals surface area contributed by atoms with Crippen LogP contribution in [-0.2, 0) is 7.05 Å². The van der Waals surface area contributed by atoms with Gasteiger partial charge in [0.15, 0.2) is 0 Å². The second kappa shape index (κ2) is 5.79. The fourth-order valence-corrected chi connectivity index (χ4v) is 4.17. The minimum absolute atomic E-state index is 0.358. The standard InChI is InChI=1S/C23H26N4/c1-13-7-8-20(9-18(13)12-24)25-16(4)22-14(2)21(17(5)27(22)6)15(3)26-23-10-19(23)11-23/h7-9,19,25-26H,3-4,10-11H2,1-2,5-6H3. The summed E-state index contributed by atoms with van der Waals surface area (Å²) >= 11 is 0. The van der Waals surface area contributed by atoms with Crippen LogP contribution in [0.3, 0.4) is 0 Å². The molecule has 27 heavy (non-hydrogen) atoms. The molecule has 1 aromatic carbocycles. The largest absolute Gasteiger partial charge is 0.379 e. The smallest absolute Gasteiger partial charge is 0.0995 e. The molecule has 1 heterocycles. The Bertz CT molecular complexity index is 1030. The third kappa shape index (κ3) is 2.75. The minimum Gasteiger partial charge on any atom is -0.379 e. The molecule has 138 valence electrons. The summed E-state index contributed by atoms with van der Waals surface area (Å²) in [6, 6.07) is 8.04. The van der Waals surface area contributed by atoms with E-state index in [1.807, 2.05) is 25.1 Å². The lowest BCUT2D eigenvalue weighted by Crippen LogP contribution is -2.21. The molecule has 2 saturated carbocycles. The Labute approximate surface area is 161 Å². The molecule has 4 rings (SSSR count). The summed E-state index contributed by atoms with van der Waals surface area (Å²) in [6.07, 6.45) is 2.57. The lowest BCUT2D eigenvalue weighted by Gasteiger charge is -2.14. The van der Waals surface area contributed by atoms with Crippen molar-refractivity contribution in [1.29, 1.82) is 5.26 Å². The summed E-state index contributed by atoms with van der Waals surface area (Å²) in [7, 11) is 2.06. The highest BCUT2D eigenvalue weighted by Gasteiger charge is 2.70. The molecule has 2 aliphatic rings. The van der Waals surface area contributed by atoms with E-state index in [2.05, 4.69) is 55.3 Å². The van der Waals surface area contributed by atoms with E-state index in [4.69, 9.17) is 0 Å². The molecule has 4 nitrogen and oxygen atoms in total. The van der Waals surface area contributed by atoms with Crippen molar-refractivity contribution in [2.24, 2.45) is 13.0 Å². The molecule has 4 heteroatoms. The van der Waals surface area contributed by atoms with Crippen LogP contribution in [-0.4, -0.2) is 10.1 Å². The maximum Gasteiger partial charge on any atom is 0.0995 e. The summed E-state index contributed by atoms with van der Waals surface area (Å²) in [5.74, 6) is 0.866. The first-order valence-electron chi connectivity index (χ1n) is 9.38. The van der Waals surface area contributed by atoms with E-state index in [1.165, 1.54) is 29.7 Å². The monoisotopic (exact) mass is 358 g/mol. The molecule has 0 aliphatic heterocycles. The molecule has 0 amide bonds. The van der Waals surface area contributed by atoms with Crippen molar-refractivity contribution in [1.82, 2.24) is 9.88 Å². The molecule has 0 saturated heterocycles. The number of nitrogens with one attached hydrogen (secondary N) is 2. The van der Waals surface area contributed by atoms with Crippen LogP contribution < -0.4 is 10.6 Å². The number of aryl methyl sites for hydroxylation is 1. The van der Waals surface area contributed by atoms with Crippen LogP contribution in [0.5, 0.6) is 0 Å². The van der Waals surface area contributed by atoms with Crippen LogP contribution in [0, 0.1) is 38.0 Å². The molecule has 0 unspecified atom stereocenters. The average molecular weight is 358 g/mol. The molecule has 2 aromatic rings. The molecule has 0 atom stereocenters. The highest BCUT2D eigenvalue weighted by molar-refractivity contribution is 5.81. The molecular weight excluding hydrogens is 332 g/mol. The number of anilines is 1. The van der Waals surface area contributed by atoms with Gasteiger partial charge in [-0.1, -0.05) is 19.2 Å². The third-order valence-corrected chi connectivity index (χ3v) is 6.25. The van der Waals surface area contributed by atoms with E-state index >= 15 is 0 Å². The third-order valence-electron chi connectivity index (χ3n) is 6.25. The lowest BCUT2D eigenvalue weighted by molar-refractivity contribution is 0.708. The molecule has 0 bridgehead atoms. The number of nitriles is 1. The Morgan fingerprint density at radius 1 is 1.22 bits per heavy atom. The van der Waals surface area contributed by atoms with Gasteiger partial charge in [-0.15, -0.1) is 0 Å². The average Bonchev–Trinajstić information content (AvgIpc) is 3.44. The number of aromatic nitrogens is 1. The number of hydrogen-bond acceptors (Lipinski definition) is 3. The predicted octanol–water partition coefficient (Wildman–Crippen LogP) is 4.63. The highest BCUT2D eigenvalue weighted by atomic mass is 15.1. The Morgan fingerprint density at radius 3 is 2.48 bits per heavy atom. The van der Waals surface area contributed by atoms with Gasteiger partial charge < -0.3 is 15.2 Å². The van der Waals surface area contributed by atoms with Crippen LogP contribution in [0.25, 0.3) is 11.4 Å². The van der Waals surface area contributed by atoms with Crippen LogP contribution in [0.4, 0.5) is 5.69 Å². The number of rotatable bonds is 6. The quantitative estimate of drug-likeness (QED) is 0.792. The van der Waals surface area contributed by atoms with E-state index in [9.17, 15) is 5.26 Å². The van der Waals surface area contributed by atoms with Gasteiger partial charge in [-0.2, -0.15) is 5.26 Å². The summed E-state index contributed by atoms with van der Waals surface area (Å²) in [4.78, 5) is 0. The lowest BCUT2D eigenvalue weighted by atomic mass is 10.1. The first-order valence-corrected chi connectivity index (χ1v) is 9.38. The summed E-state index contributed by atoms with van der Waals surface area (Å²) in [5.41, 5.74) is 9.31. The van der Waals surface area contributed by atoms with E-state index < -0.39 is 0 Å². The van der Waals surface area contributed by atoms with Crippen molar-refractivity contribution in [2.45, 2.75) is 39.2 Å². The summed E-state index contributed by atoms with van der Waals surface area (Å²) < 4.78 is 2.17. The summed E-state index contributed by atoms with van der Waals surface area (Å²) in [5, 5.41) is 16.3. The van der Waals surface area contributed by atoms with Crippen molar-refractivity contribution in [3.05, 3.63) is 65.0 Å². The molecule has 0 spiro atoms. The highest BCUT2D eigenvalue weighted by Crippen LogP contribution is 2.67. The van der Waals surface area contributed by atoms with Gasteiger partial charge in [0.2, 0.25) is 0 Å². The zero-order valence-corrected chi connectivity index (χ0v) is 16.5. The van der Waals surface area contributed by atoms with Gasteiger partial charge in [-0.05, 0) is 62.8 Å². The topological polar surface area (TPSA) is 52.8 Å². The predicted molar refractivity (Wildman–Crippen MR) is 111 cm³/mol. The maximum absolute atomic E-state index is 9.26. The van der Waals surface area contributed by atoms with Crippen LogP contribution >= 0.6 is 0 Å². The van der Waals surface area contributed by atoms with Gasteiger partial charge in [0.05, 0.1) is 23.0 Å². The fraction of sp³-hybridized carbons (Fsp3) is 0.348. The van der Waals surface area contributed by atoms with Gasteiger partial charge in [0.25, 0.3) is 0 Å².